The summed E-state index contributed by atoms with van der Waals surface area (Å²) in [5.41, 5.74) is 3.00. The van der Waals surface area contributed by atoms with E-state index >= 15 is 0 Å². The van der Waals surface area contributed by atoms with Gasteiger partial charge in [-0.2, -0.15) is 0 Å². The highest BCUT2D eigenvalue weighted by molar-refractivity contribution is 6.02. The molecule has 3 nitrogen and oxygen atoms in total. The number of carbonyl (C=O) groups is 1. The van der Waals surface area contributed by atoms with Crippen molar-refractivity contribution in [3.05, 3.63) is 41.5 Å². The zero-order valence-corrected chi connectivity index (χ0v) is 11.4. The Bertz CT molecular complexity index is 573. The van der Waals surface area contributed by atoms with Gasteiger partial charge in [0.05, 0.1) is 6.61 Å². The van der Waals surface area contributed by atoms with Crippen molar-refractivity contribution < 1.29 is 14.6 Å². The lowest BCUT2D eigenvalue weighted by Crippen LogP contribution is -2.04. The van der Waals surface area contributed by atoms with Crippen molar-refractivity contribution in [1.82, 2.24) is 0 Å². The first-order valence-electron chi connectivity index (χ1n) is 6.47. The minimum absolute atomic E-state index is 0.0191. The molecule has 0 bridgehead atoms. The second-order valence-corrected chi connectivity index (χ2v) is 4.82. The minimum Gasteiger partial charge on any atom is -0.507 e. The van der Waals surface area contributed by atoms with Gasteiger partial charge in [0.15, 0.2) is 0 Å². The molecule has 0 aliphatic heterocycles. The van der Waals surface area contributed by atoms with Crippen molar-refractivity contribution in [3.63, 3.8) is 0 Å². The molecule has 0 aromatic heterocycles. The molecule has 0 saturated carbocycles. The Hall–Kier alpha value is -2.03. The summed E-state index contributed by atoms with van der Waals surface area (Å²) in [7, 11) is 0. The summed E-state index contributed by atoms with van der Waals surface area (Å²) in [6, 6.07) is 9.39. The summed E-state index contributed by atoms with van der Waals surface area (Å²) in [5, 5.41) is 9.94. The fraction of sp³-hybridized carbons (Fsp3) is 0.312. The number of carbonyl (C=O) groups excluding carboxylic acids is 1. The first-order valence-corrected chi connectivity index (χ1v) is 6.47. The van der Waals surface area contributed by atoms with Crippen LogP contribution in [0.2, 0.25) is 0 Å². The van der Waals surface area contributed by atoms with Gasteiger partial charge in [0.25, 0.3) is 0 Å². The highest BCUT2D eigenvalue weighted by Gasteiger charge is 2.22. The molecule has 0 aromatic carbocycles. The lowest BCUT2D eigenvalue weighted by molar-refractivity contribution is 0.0524. The van der Waals surface area contributed by atoms with Gasteiger partial charge < -0.3 is 9.84 Å². The van der Waals surface area contributed by atoms with E-state index in [9.17, 15) is 9.90 Å². The summed E-state index contributed by atoms with van der Waals surface area (Å²) >= 11 is 0. The Labute approximate surface area is 113 Å². The number of rotatable bonds is 3. The molecule has 0 fully saturated rings. The predicted molar refractivity (Wildman–Crippen MR) is 74.8 cm³/mol. The Morgan fingerprint density at radius 3 is 2.68 bits per heavy atom. The zero-order chi connectivity index (χ0) is 14.0. The van der Waals surface area contributed by atoms with Crippen molar-refractivity contribution in [2.45, 2.75) is 26.7 Å². The molecule has 0 atom stereocenters. The molecule has 3 heteroatoms. The second kappa shape index (κ2) is 5.31. The van der Waals surface area contributed by atoms with Gasteiger partial charge in [-0.25, -0.2) is 4.79 Å². The lowest BCUT2D eigenvalue weighted by atomic mass is 10.0. The molecule has 0 amide bonds. The van der Waals surface area contributed by atoms with E-state index in [1.165, 1.54) is 0 Å². The Morgan fingerprint density at radius 2 is 2.05 bits per heavy atom. The Kier molecular flexibility index (Phi) is 3.74. The zero-order valence-electron chi connectivity index (χ0n) is 11.4. The molecular weight excluding hydrogens is 240 g/mol. The van der Waals surface area contributed by atoms with Gasteiger partial charge in [0.2, 0.25) is 0 Å². The first-order chi connectivity index (χ1) is 9.04. The Morgan fingerprint density at radius 1 is 1.32 bits per heavy atom. The normalized spacial score (nSPS) is 10.9. The standard InChI is InChI=1S/C16H18O3/c1-4-19-16(18)15-13-7-5-6-11(10(2)3)8-12(13)9-14(15)17/h5-10,17H,4H2,1-3H3. The number of aromatic hydroxyl groups is 1. The van der Waals surface area contributed by atoms with Crippen LogP contribution in [0.5, 0.6) is 5.75 Å². The van der Waals surface area contributed by atoms with E-state index in [0.717, 1.165) is 16.7 Å². The van der Waals surface area contributed by atoms with E-state index in [1.54, 1.807) is 13.0 Å². The van der Waals surface area contributed by atoms with Crippen LogP contribution in [0.3, 0.4) is 0 Å². The van der Waals surface area contributed by atoms with Gasteiger partial charge in [-0.3, -0.25) is 0 Å². The quantitative estimate of drug-likeness (QED) is 0.852. The lowest BCUT2D eigenvalue weighted by Gasteiger charge is -2.03. The smallest absolute Gasteiger partial charge is 0.342 e. The van der Waals surface area contributed by atoms with Crippen LogP contribution in [-0.2, 0) is 4.74 Å². The summed E-state index contributed by atoms with van der Waals surface area (Å²) in [4.78, 5) is 11.9. The SMILES string of the molecule is CCOC(=O)c1c(O)cc2cc(C(C)C)cccc1-2. The fourth-order valence-corrected chi connectivity index (χ4v) is 2.14. The molecule has 0 radical (unpaired) electrons. The van der Waals surface area contributed by atoms with E-state index in [1.807, 2.05) is 24.3 Å². The van der Waals surface area contributed by atoms with Crippen LogP contribution in [0, 0.1) is 0 Å². The molecule has 0 heterocycles. The van der Waals surface area contributed by atoms with Crippen LogP contribution < -0.4 is 0 Å². The van der Waals surface area contributed by atoms with Crippen molar-refractivity contribution in [1.29, 1.82) is 0 Å². The third kappa shape index (κ3) is 2.55. The molecule has 2 aliphatic carbocycles. The highest BCUT2D eigenvalue weighted by atomic mass is 16.5. The van der Waals surface area contributed by atoms with Crippen LogP contribution in [0.4, 0.5) is 0 Å². The molecule has 0 saturated heterocycles. The van der Waals surface area contributed by atoms with Crippen LogP contribution in [0.1, 0.15) is 42.6 Å². The monoisotopic (exact) mass is 258 g/mol. The van der Waals surface area contributed by atoms with Gasteiger partial charge in [-0.15, -0.1) is 0 Å². The number of fused-ring (bicyclic) bond motifs is 1. The number of esters is 1. The predicted octanol–water partition coefficient (Wildman–Crippen LogP) is 3.80. The van der Waals surface area contributed by atoms with E-state index < -0.39 is 5.97 Å². The molecule has 100 valence electrons. The molecule has 2 rings (SSSR count). The molecule has 19 heavy (non-hydrogen) atoms. The second-order valence-electron chi connectivity index (χ2n) is 4.82. The average Bonchev–Trinajstić information content (AvgIpc) is 2.52. The largest absolute Gasteiger partial charge is 0.507 e. The minimum atomic E-state index is -0.479. The van der Waals surface area contributed by atoms with Crippen molar-refractivity contribution >= 4 is 5.97 Å². The van der Waals surface area contributed by atoms with Crippen molar-refractivity contribution in [3.8, 4) is 16.9 Å². The third-order valence-electron chi connectivity index (χ3n) is 3.15. The molecule has 1 N–H and O–H groups in total. The highest BCUT2D eigenvalue weighted by Crippen LogP contribution is 2.37. The number of ether oxygens (including phenoxy) is 1. The van der Waals surface area contributed by atoms with Crippen LogP contribution in [-0.4, -0.2) is 17.7 Å². The van der Waals surface area contributed by atoms with Crippen molar-refractivity contribution in [2.24, 2.45) is 0 Å². The van der Waals surface area contributed by atoms with Crippen LogP contribution in [0.15, 0.2) is 30.3 Å². The van der Waals surface area contributed by atoms with Gasteiger partial charge in [-0.05, 0) is 30.0 Å². The van der Waals surface area contributed by atoms with Gasteiger partial charge in [0, 0.05) is 5.56 Å². The molecule has 0 aromatic rings. The van der Waals surface area contributed by atoms with Gasteiger partial charge in [0.1, 0.15) is 11.3 Å². The maximum atomic E-state index is 11.9. The molecule has 0 unspecified atom stereocenters. The van der Waals surface area contributed by atoms with E-state index in [-0.39, 0.29) is 11.3 Å². The summed E-state index contributed by atoms with van der Waals surface area (Å²) in [5.74, 6) is -0.111. The molecule has 0 spiro atoms. The first kappa shape index (κ1) is 13.4. The maximum Gasteiger partial charge on any atom is 0.342 e. The maximum absolute atomic E-state index is 11.9. The van der Waals surface area contributed by atoms with Gasteiger partial charge >= 0.3 is 5.97 Å². The van der Waals surface area contributed by atoms with E-state index in [4.69, 9.17) is 4.74 Å². The van der Waals surface area contributed by atoms with E-state index in [2.05, 4.69) is 13.8 Å². The number of hydrogen-bond donors (Lipinski definition) is 1. The molecular formula is C16H18O3. The van der Waals surface area contributed by atoms with Crippen LogP contribution in [0.25, 0.3) is 11.1 Å². The Balaban J connectivity index is 2.56. The summed E-state index contributed by atoms with van der Waals surface area (Å²) < 4.78 is 4.98. The fourth-order valence-electron chi connectivity index (χ4n) is 2.14. The van der Waals surface area contributed by atoms with Crippen LogP contribution >= 0.6 is 0 Å². The third-order valence-corrected chi connectivity index (χ3v) is 3.15. The van der Waals surface area contributed by atoms with E-state index in [0.29, 0.717) is 12.5 Å². The van der Waals surface area contributed by atoms with Gasteiger partial charge in [-0.1, -0.05) is 38.1 Å². The molecule has 2 aliphatic rings. The topological polar surface area (TPSA) is 46.5 Å². The summed E-state index contributed by atoms with van der Waals surface area (Å²) in [6.07, 6.45) is 0. The van der Waals surface area contributed by atoms with Crippen molar-refractivity contribution in [2.75, 3.05) is 6.61 Å². The average molecular weight is 258 g/mol. The summed E-state index contributed by atoms with van der Waals surface area (Å²) in [6.45, 7) is 6.25. The number of hydrogen-bond acceptors (Lipinski definition) is 3.